The zero-order valence-electron chi connectivity index (χ0n) is 18.8. The minimum Gasteiger partial charge on any atom is -0.321 e. The number of halogens is 3. The van der Waals surface area contributed by atoms with E-state index in [0.29, 0.717) is 34.4 Å². The van der Waals surface area contributed by atoms with Crippen LogP contribution in [0.1, 0.15) is 31.4 Å². The molecule has 0 aliphatic carbocycles. The first-order valence-corrected chi connectivity index (χ1v) is 11.9. The van der Waals surface area contributed by atoms with Crippen LogP contribution in [-0.4, -0.2) is 35.0 Å². The predicted molar refractivity (Wildman–Crippen MR) is 128 cm³/mol. The van der Waals surface area contributed by atoms with Crippen molar-refractivity contribution in [3.05, 3.63) is 84.5 Å². The van der Waals surface area contributed by atoms with Gasteiger partial charge in [-0.25, -0.2) is 13.2 Å². The number of carbonyl (C=O) groups excluding carboxylic acids is 1. The highest BCUT2D eigenvalue weighted by molar-refractivity contribution is 7.07. The van der Waals surface area contributed by atoms with Crippen molar-refractivity contribution in [3.8, 4) is 0 Å². The summed E-state index contributed by atoms with van der Waals surface area (Å²) >= 11 is 1.08. The minimum atomic E-state index is -1.01. The summed E-state index contributed by atoms with van der Waals surface area (Å²) in [5, 5.41) is 2.72. The molecule has 0 fully saturated rings. The Morgan fingerprint density at radius 1 is 1.03 bits per heavy atom. The number of thiazole rings is 1. The second-order valence-corrected chi connectivity index (χ2v) is 8.98. The summed E-state index contributed by atoms with van der Waals surface area (Å²) in [5.41, 5.74) is 1.08. The molecule has 1 N–H and O–H groups in total. The first-order chi connectivity index (χ1) is 16.3. The maximum Gasteiger partial charge on any atom is 0.269 e. The molecule has 178 valence electrons. The van der Waals surface area contributed by atoms with Gasteiger partial charge in [-0.1, -0.05) is 19.9 Å². The van der Waals surface area contributed by atoms with Gasteiger partial charge in [0.1, 0.15) is 10.5 Å². The van der Waals surface area contributed by atoms with Crippen LogP contribution in [-0.2, 0) is 11.3 Å². The highest BCUT2D eigenvalue weighted by Crippen LogP contribution is 2.30. The molecule has 0 saturated carbocycles. The molecule has 2 heterocycles. The van der Waals surface area contributed by atoms with Gasteiger partial charge in [-0.15, -0.1) is 11.3 Å². The van der Waals surface area contributed by atoms with Crippen LogP contribution in [0.25, 0.3) is 11.6 Å². The zero-order chi connectivity index (χ0) is 24.4. The van der Waals surface area contributed by atoms with Crippen molar-refractivity contribution in [2.45, 2.75) is 26.8 Å². The molecule has 0 atom stereocenters. The smallest absolute Gasteiger partial charge is 0.269 e. The minimum absolute atomic E-state index is 0.226. The van der Waals surface area contributed by atoms with Gasteiger partial charge in [0.25, 0.3) is 11.5 Å². The van der Waals surface area contributed by atoms with Gasteiger partial charge in [0, 0.05) is 17.8 Å². The highest BCUT2D eigenvalue weighted by atomic mass is 32.1. The van der Waals surface area contributed by atoms with Crippen LogP contribution in [0.4, 0.5) is 18.9 Å². The fourth-order valence-corrected chi connectivity index (χ4v) is 5.20. The summed E-state index contributed by atoms with van der Waals surface area (Å²) in [4.78, 5) is 28.4. The van der Waals surface area contributed by atoms with E-state index in [0.717, 1.165) is 43.1 Å². The molecular weight excluding hydrogens is 463 g/mol. The maximum atomic E-state index is 14.0. The summed E-state index contributed by atoms with van der Waals surface area (Å²) < 4.78 is 43.2. The van der Waals surface area contributed by atoms with Crippen molar-refractivity contribution in [2.75, 3.05) is 25.0 Å². The van der Waals surface area contributed by atoms with Gasteiger partial charge < -0.3 is 10.2 Å². The average Bonchev–Trinajstić information content (AvgIpc) is 3.29. The summed E-state index contributed by atoms with van der Waals surface area (Å²) in [6.45, 7) is 7.00. The molecule has 0 unspecified atom stereocenters. The van der Waals surface area contributed by atoms with E-state index >= 15 is 0 Å². The topological polar surface area (TPSA) is 54.3 Å². The number of nitrogens with zero attached hydrogens (tertiary/aromatic N) is 2. The first-order valence-electron chi connectivity index (χ1n) is 11.1. The Kier molecular flexibility index (Phi) is 7.04. The van der Waals surface area contributed by atoms with Crippen molar-refractivity contribution in [1.82, 2.24) is 9.47 Å². The van der Waals surface area contributed by atoms with E-state index in [1.54, 1.807) is 0 Å². The number of aromatic nitrogens is 1. The molecule has 0 bridgehead atoms. The second kappa shape index (κ2) is 9.99. The maximum absolute atomic E-state index is 14.0. The summed E-state index contributed by atoms with van der Waals surface area (Å²) in [6.07, 6.45) is 2.14. The van der Waals surface area contributed by atoms with E-state index in [1.807, 2.05) is 0 Å². The fraction of sp³-hybridized carbons (Fsp3) is 0.280. The van der Waals surface area contributed by atoms with Crippen molar-refractivity contribution in [1.29, 1.82) is 0 Å². The zero-order valence-corrected chi connectivity index (χ0v) is 19.6. The lowest BCUT2D eigenvalue weighted by atomic mass is 10.1. The molecule has 9 heteroatoms. The van der Waals surface area contributed by atoms with E-state index in [1.165, 1.54) is 34.9 Å². The average molecular weight is 488 g/mol. The van der Waals surface area contributed by atoms with Gasteiger partial charge in [0.2, 0.25) is 0 Å². The molecule has 3 aromatic rings. The summed E-state index contributed by atoms with van der Waals surface area (Å²) in [6, 6.07) is 7.40. The van der Waals surface area contributed by atoms with E-state index in [9.17, 15) is 22.8 Å². The van der Waals surface area contributed by atoms with Gasteiger partial charge in [-0.2, -0.15) is 0 Å². The summed E-state index contributed by atoms with van der Waals surface area (Å²) in [7, 11) is 0. The Labute approximate surface area is 198 Å². The highest BCUT2D eigenvalue weighted by Gasteiger charge is 2.27. The Morgan fingerprint density at radius 2 is 1.79 bits per heavy atom. The Bertz CT molecular complexity index is 1420. The fourth-order valence-electron chi connectivity index (χ4n) is 4.01. The molecular formula is C25H24F3N3O2S. The van der Waals surface area contributed by atoms with E-state index in [4.69, 9.17) is 0 Å². The standard InChI is InChI=1S/C25H24F3N3O2S/c1-3-30(4-2)10-5-11-31-24(33)21(13-15-6-8-18(27)19(28)12-15)34-25(31)22-17-14-16(26)7-9-20(17)29-23(22)32/h6-9,12-14H,3-5,10-11H2,1-2H3,(H,29,32)/b21-13?,25-22-. The van der Waals surface area contributed by atoms with Crippen molar-refractivity contribution in [2.24, 2.45) is 0 Å². The van der Waals surface area contributed by atoms with Crippen LogP contribution in [0.15, 0.2) is 41.2 Å². The molecule has 0 saturated heterocycles. The third kappa shape index (κ3) is 4.71. The molecule has 34 heavy (non-hydrogen) atoms. The SMILES string of the molecule is CCN(CC)CCCn1c(=O)c(=Cc2ccc(F)c(F)c2)s/c1=C1\C(=O)Nc2ccc(F)cc21. The number of amides is 1. The second-order valence-electron chi connectivity index (χ2n) is 7.95. The van der Waals surface area contributed by atoms with E-state index < -0.39 is 23.4 Å². The number of carbonyl (C=O) groups is 1. The summed E-state index contributed by atoms with van der Waals surface area (Å²) in [5.74, 6) is -2.90. The Morgan fingerprint density at radius 3 is 2.50 bits per heavy atom. The number of hydrogen-bond donors (Lipinski definition) is 1. The number of rotatable bonds is 7. The third-order valence-corrected chi connectivity index (χ3v) is 6.97. The Hall–Kier alpha value is -3.17. The van der Waals surface area contributed by atoms with Crippen LogP contribution in [0.3, 0.4) is 0 Å². The molecule has 1 amide bonds. The molecule has 1 aromatic heterocycles. The van der Waals surface area contributed by atoms with Crippen LogP contribution in [0, 0.1) is 17.5 Å². The lowest BCUT2D eigenvalue weighted by Crippen LogP contribution is -2.34. The van der Waals surface area contributed by atoms with Crippen LogP contribution in [0.2, 0.25) is 0 Å². The molecule has 5 nitrogen and oxygen atoms in total. The van der Waals surface area contributed by atoms with E-state index in [2.05, 4.69) is 24.1 Å². The van der Waals surface area contributed by atoms with E-state index in [-0.39, 0.29) is 15.7 Å². The van der Waals surface area contributed by atoms with Crippen LogP contribution >= 0.6 is 11.3 Å². The number of nitrogens with one attached hydrogen (secondary N) is 1. The molecule has 2 aromatic carbocycles. The molecule has 4 rings (SSSR count). The van der Waals surface area contributed by atoms with Gasteiger partial charge in [0.05, 0.1) is 10.1 Å². The third-order valence-electron chi connectivity index (χ3n) is 5.84. The normalized spacial score (nSPS) is 15.2. The molecule has 0 spiro atoms. The first kappa shape index (κ1) is 24.0. The molecule has 0 radical (unpaired) electrons. The number of anilines is 1. The number of hydrogen-bond acceptors (Lipinski definition) is 4. The molecule has 1 aliphatic heterocycles. The quantitative estimate of drug-likeness (QED) is 0.558. The largest absolute Gasteiger partial charge is 0.321 e. The lowest BCUT2D eigenvalue weighted by Gasteiger charge is -2.17. The monoisotopic (exact) mass is 487 g/mol. The van der Waals surface area contributed by atoms with Crippen molar-refractivity contribution < 1.29 is 18.0 Å². The van der Waals surface area contributed by atoms with Crippen LogP contribution in [0.5, 0.6) is 0 Å². The number of benzene rings is 2. The molecule has 1 aliphatic rings. The predicted octanol–water partition coefficient (Wildman–Crippen LogP) is 3.04. The van der Waals surface area contributed by atoms with Crippen molar-refractivity contribution >= 4 is 34.6 Å². The Balaban J connectivity index is 1.90. The van der Waals surface area contributed by atoms with Gasteiger partial charge in [-0.3, -0.25) is 14.2 Å². The lowest BCUT2D eigenvalue weighted by molar-refractivity contribution is -0.110. The van der Waals surface area contributed by atoms with Crippen molar-refractivity contribution in [3.63, 3.8) is 0 Å². The van der Waals surface area contributed by atoms with Gasteiger partial charge >= 0.3 is 0 Å². The van der Waals surface area contributed by atoms with Gasteiger partial charge in [0.15, 0.2) is 11.6 Å². The number of fused-ring (bicyclic) bond motifs is 1. The van der Waals surface area contributed by atoms with Gasteiger partial charge in [-0.05, 0) is 68.0 Å². The van der Waals surface area contributed by atoms with Crippen LogP contribution < -0.4 is 20.1 Å².